The van der Waals surface area contributed by atoms with Crippen molar-refractivity contribution < 1.29 is 5.11 Å². The van der Waals surface area contributed by atoms with Crippen LogP contribution in [0.2, 0.25) is 0 Å². The van der Waals surface area contributed by atoms with Crippen molar-refractivity contribution in [2.75, 3.05) is 0 Å². The lowest BCUT2D eigenvalue weighted by molar-refractivity contribution is 0.446. The predicted octanol–water partition coefficient (Wildman–Crippen LogP) is 4.95. The lowest BCUT2D eigenvalue weighted by Crippen LogP contribution is -2.11. The van der Waals surface area contributed by atoms with Crippen molar-refractivity contribution in [3.63, 3.8) is 0 Å². The van der Waals surface area contributed by atoms with Crippen molar-refractivity contribution in [2.45, 2.75) is 32.6 Å². The maximum Gasteiger partial charge on any atom is 0.119 e. The third-order valence-corrected chi connectivity index (χ3v) is 3.33. The van der Waals surface area contributed by atoms with Gasteiger partial charge in [-0.3, -0.25) is 0 Å². The number of hydrogen-bond donors (Lipinski definition) is 1. The smallest absolute Gasteiger partial charge is 0.119 e. The minimum atomic E-state index is -0.0385. The fraction of sp³-hybridized carbons (Fsp3) is 0.263. The van der Waals surface area contributed by atoms with E-state index in [9.17, 15) is 5.11 Å². The van der Waals surface area contributed by atoms with Gasteiger partial charge < -0.3 is 5.11 Å². The number of phenolic OH excluding ortho intramolecular Hbond substituents is 1. The SMILES string of the molecule is CC(C)(C)c1cc(CC=Cc2ccccc2)ccc1O. The van der Waals surface area contributed by atoms with Crippen molar-refractivity contribution in [1.29, 1.82) is 0 Å². The van der Waals surface area contributed by atoms with Crippen molar-refractivity contribution in [2.24, 2.45) is 0 Å². The molecule has 2 aromatic rings. The standard InChI is InChI=1S/C19H22O/c1-19(2,3)17-14-16(12-13-18(17)20)11-7-10-15-8-5-4-6-9-15/h4-10,12-14,20H,11H2,1-3H3. The monoisotopic (exact) mass is 266 g/mol. The number of aromatic hydroxyl groups is 1. The van der Waals surface area contributed by atoms with Crippen LogP contribution in [0.3, 0.4) is 0 Å². The highest BCUT2D eigenvalue weighted by Gasteiger charge is 2.17. The topological polar surface area (TPSA) is 20.2 Å². The van der Waals surface area contributed by atoms with Crippen molar-refractivity contribution in [1.82, 2.24) is 0 Å². The molecule has 0 radical (unpaired) electrons. The van der Waals surface area contributed by atoms with Gasteiger partial charge in [-0.05, 0) is 34.6 Å². The molecule has 104 valence electrons. The van der Waals surface area contributed by atoms with Gasteiger partial charge in [0.25, 0.3) is 0 Å². The largest absolute Gasteiger partial charge is 0.508 e. The maximum atomic E-state index is 9.96. The van der Waals surface area contributed by atoms with Crippen molar-refractivity contribution >= 4 is 6.08 Å². The number of phenols is 1. The molecule has 0 amide bonds. The first-order valence-electron chi connectivity index (χ1n) is 7.01. The zero-order valence-corrected chi connectivity index (χ0v) is 12.4. The fourth-order valence-electron chi connectivity index (χ4n) is 2.21. The Balaban J connectivity index is 2.13. The first-order valence-corrected chi connectivity index (χ1v) is 7.01. The molecular weight excluding hydrogens is 244 g/mol. The van der Waals surface area contributed by atoms with E-state index in [4.69, 9.17) is 0 Å². The van der Waals surface area contributed by atoms with Gasteiger partial charge >= 0.3 is 0 Å². The van der Waals surface area contributed by atoms with Gasteiger partial charge in [0, 0.05) is 0 Å². The van der Waals surface area contributed by atoms with E-state index in [1.54, 1.807) is 6.07 Å². The predicted molar refractivity (Wildman–Crippen MR) is 86.0 cm³/mol. The second kappa shape index (κ2) is 5.96. The van der Waals surface area contributed by atoms with Crippen LogP contribution < -0.4 is 0 Å². The fourth-order valence-corrected chi connectivity index (χ4v) is 2.21. The van der Waals surface area contributed by atoms with Gasteiger partial charge in [0.2, 0.25) is 0 Å². The molecule has 0 aromatic heterocycles. The molecule has 0 aliphatic carbocycles. The Labute approximate surface area is 121 Å². The number of rotatable bonds is 3. The van der Waals surface area contributed by atoms with E-state index in [1.165, 1.54) is 11.1 Å². The van der Waals surface area contributed by atoms with E-state index in [0.29, 0.717) is 5.75 Å². The summed E-state index contributed by atoms with van der Waals surface area (Å²) in [5.74, 6) is 0.383. The molecule has 0 saturated carbocycles. The van der Waals surface area contributed by atoms with E-state index in [-0.39, 0.29) is 5.41 Å². The highest BCUT2D eigenvalue weighted by molar-refractivity contribution is 5.50. The summed E-state index contributed by atoms with van der Waals surface area (Å²) in [6, 6.07) is 16.2. The van der Waals surface area contributed by atoms with Crippen LogP contribution in [0.15, 0.2) is 54.6 Å². The third-order valence-electron chi connectivity index (χ3n) is 3.33. The van der Waals surface area contributed by atoms with E-state index in [1.807, 2.05) is 24.3 Å². The van der Waals surface area contributed by atoms with Gasteiger partial charge in [0.15, 0.2) is 0 Å². The molecule has 0 bridgehead atoms. The lowest BCUT2D eigenvalue weighted by atomic mass is 9.85. The van der Waals surface area contributed by atoms with Gasteiger partial charge in [0.05, 0.1) is 0 Å². The zero-order chi connectivity index (χ0) is 14.6. The molecule has 0 spiro atoms. The van der Waals surface area contributed by atoms with Crippen LogP contribution in [-0.2, 0) is 11.8 Å². The molecular formula is C19H22O. The number of benzene rings is 2. The van der Waals surface area contributed by atoms with Crippen LogP contribution >= 0.6 is 0 Å². The molecule has 0 fully saturated rings. The van der Waals surface area contributed by atoms with E-state index in [2.05, 4.69) is 51.1 Å². The molecule has 2 aromatic carbocycles. The number of allylic oxidation sites excluding steroid dienone is 1. The summed E-state index contributed by atoms with van der Waals surface area (Å²) in [6.45, 7) is 6.35. The van der Waals surface area contributed by atoms with E-state index in [0.717, 1.165) is 12.0 Å². The Bertz CT molecular complexity index is 589. The van der Waals surface area contributed by atoms with Crippen LogP contribution in [0.1, 0.15) is 37.5 Å². The minimum Gasteiger partial charge on any atom is -0.508 e. The van der Waals surface area contributed by atoms with Gasteiger partial charge in [-0.2, -0.15) is 0 Å². The zero-order valence-electron chi connectivity index (χ0n) is 12.4. The molecule has 20 heavy (non-hydrogen) atoms. The van der Waals surface area contributed by atoms with Gasteiger partial charge in [-0.25, -0.2) is 0 Å². The Hall–Kier alpha value is -2.02. The van der Waals surface area contributed by atoms with Crippen LogP contribution in [0.4, 0.5) is 0 Å². The molecule has 0 saturated heterocycles. The molecule has 2 rings (SSSR count). The second-order valence-electron chi connectivity index (χ2n) is 6.12. The normalized spacial score (nSPS) is 11.9. The Morgan fingerprint density at radius 3 is 2.35 bits per heavy atom. The Morgan fingerprint density at radius 1 is 1.00 bits per heavy atom. The van der Waals surface area contributed by atoms with E-state index < -0.39 is 0 Å². The van der Waals surface area contributed by atoms with Gasteiger partial charge in [-0.15, -0.1) is 0 Å². The first kappa shape index (κ1) is 14.4. The van der Waals surface area contributed by atoms with Crippen molar-refractivity contribution in [3.05, 3.63) is 71.3 Å². The number of hydrogen-bond acceptors (Lipinski definition) is 1. The molecule has 1 heteroatoms. The molecule has 0 heterocycles. The first-order chi connectivity index (χ1) is 9.47. The molecule has 1 nitrogen and oxygen atoms in total. The average Bonchev–Trinajstić information content (AvgIpc) is 2.40. The third kappa shape index (κ3) is 3.74. The van der Waals surface area contributed by atoms with Gasteiger partial charge in [0.1, 0.15) is 5.75 Å². The lowest BCUT2D eigenvalue weighted by Gasteiger charge is -2.21. The van der Waals surface area contributed by atoms with Crippen molar-refractivity contribution in [3.8, 4) is 5.75 Å². The summed E-state index contributed by atoms with van der Waals surface area (Å²) >= 11 is 0. The minimum absolute atomic E-state index is 0.0385. The summed E-state index contributed by atoms with van der Waals surface area (Å²) in [6.07, 6.45) is 5.16. The Morgan fingerprint density at radius 2 is 1.70 bits per heavy atom. The summed E-state index contributed by atoms with van der Waals surface area (Å²) in [5.41, 5.74) is 3.40. The average molecular weight is 266 g/mol. The highest BCUT2D eigenvalue weighted by atomic mass is 16.3. The second-order valence-corrected chi connectivity index (χ2v) is 6.12. The summed E-state index contributed by atoms with van der Waals surface area (Å²) in [5, 5.41) is 9.96. The maximum absolute atomic E-state index is 9.96. The summed E-state index contributed by atoms with van der Waals surface area (Å²) < 4.78 is 0. The Kier molecular flexibility index (Phi) is 4.29. The highest BCUT2D eigenvalue weighted by Crippen LogP contribution is 2.31. The van der Waals surface area contributed by atoms with Gasteiger partial charge in [-0.1, -0.05) is 75.4 Å². The molecule has 0 aliphatic heterocycles. The quantitative estimate of drug-likeness (QED) is 0.833. The molecule has 1 N–H and O–H groups in total. The summed E-state index contributed by atoms with van der Waals surface area (Å²) in [4.78, 5) is 0. The van der Waals surface area contributed by atoms with Crippen LogP contribution in [0.5, 0.6) is 5.75 Å². The molecule has 0 aliphatic rings. The van der Waals surface area contributed by atoms with Crippen LogP contribution in [0.25, 0.3) is 6.08 Å². The van der Waals surface area contributed by atoms with E-state index >= 15 is 0 Å². The summed E-state index contributed by atoms with van der Waals surface area (Å²) in [7, 11) is 0. The molecule has 0 atom stereocenters. The molecule has 0 unspecified atom stereocenters. The van der Waals surface area contributed by atoms with Crippen LogP contribution in [-0.4, -0.2) is 5.11 Å². The van der Waals surface area contributed by atoms with Crippen LogP contribution in [0, 0.1) is 0 Å².